The predicted octanol–water partition coefficient (Wildman–Crippen LogP) is 2.58. The molecular formula is C12H11ClN2O. The number of benzene rings is 1. The lowest BCUT2D eigenvalue weighted by atomic mass is 10.1. The van der Waals surface area contributed by atoms with Crippen LogP contribution in [0.3, 0.4) is 0 Å². The van der Waals surface area contributed by atoms with Gasteiger partial charge in [-0.3, -0.25) is 4.79 Å². The fourth-order valence-electron chi connectivity index (χ4n) is 1.49. The molecule has 0 N–H and O–H groups in total. The number of hydrogen-bond acceptors (Lipinski definition) is 2. The molecule has 0 aliphatic carbocycles. The highest BCUT2D eigenvalue weighted by atomic mass is 35.5. The number of aryl methyl sites for hydroxylation is 1. The molecule has 1 heterocycles. The molecule has 2 rings (SSSR count). The van der Waals surface area contributed by atoms with Crippen molar-refractivity contribution in [3.63, 3.8) is 0 Å². The highest BCUT2D eigenvalue weighted by Crippen LogP contribution is 2.23. The lowest BCUT2D eigenvalue weighted by Gasteiger charge is -2.08. The molecule has 4 heteroatoms. The number of nitrogens with zero attached hydrogens (tertiary/aromatic N) is 2. The van der Waals surface area contributed by atoms with Crippen LogP contribution in [-0.4, -0.2) is 15.3 Å². The molecule has 0 aliphatic heterocycles. The monoisotopic (exact) mass is 234 g/mol. The van der Waals surface area contributed by atoms with Crippen LogP contribution in [0.25, 0.3) is 0 Å². The fourth-order valence-corrected chi connectivity index (χ4v) is 1.73. The average Bonchev–Trinajstić information content (AvgIpc) is 2.75. The highest BCUT2D eigenvalue weighted by Gasteiger charge is 2.22. The summed E-state index contributed by atoms with van der Waals surface area (Å²) in [7, 11) is 1.77. The Labute approximate surface area is 98.7 Å². The molecule has 1 aromatic carbocycles. The van der Waals surface area contributed by atoms with Crippen molar-refractivity contribution in [2.45, 2.75) is 5.38 Å². The minimum Gasteiger partial charge on any atom is -0.332 e. The third kappa shape index (κ3) is 1.99. The van der Waals surface area contributed by atoms with E-state index >= 15 is 0 Å². The maximum atomic E-state index is 12.0. The molecule has 0 amide bonds. The van der Waals surface area contributed by atoms with Gasteiger partial charge in [-0.05, 0) is 5.56 Å². The molecule has 82 valence electrons. The Morgan fingerprint density at radius 1 is 1.38 bits per heavy atom. The van der Waals surface area contributed by atoms with Crippen molar-refractivity contribution in [1.29, 1.82) is 0 Å². The van der Waals surface area contributed by atoms with E-state index in [1.807, 2.05) is 30.3 Å². The smallest absolute Gasteiger partial charge is 0.220 e. The summed E-state index contributed by atoms with van der Waals surface area (Å²) in [6.07, 6.45) is 3.31. The van der Waals surface area contributed by atoms with Crippen LogP contribution in [0.4, 0.5) is 0 Å². The van der Waals surface area contributed by atoms with Gasteiger partial charge in [0.05, 0.1) is 0 Å². The van der Waals surface area contributed by atoms with Crippen molar-refractivity contribution in [3.8, 4) is 0 Å². The Morgan fingerprint density at radius 3 is 2.62 bits per heavy atom. The molecule has 1 atom stereocenters. The third-order valence-electron chi connectivity index (χ3n) is 2.36. The summed E-state index contributed by atoms with van der Waals surface area (Å²) in [6.45, 7) is 0. The number of Topliss-reactive ketones (excluding diaryl/α,β-unsaturated/α-hetero) is 1. The van der Waals surface area contributed by atoms with E-state index in [1.165, 1.54) is 0 Å². The first-order valence-corrected chi connectivity index (χ1v) is 5.34. The molecule has 16 heavy (non-hydrogen) atoms. The van der Waals surface area contributed by atoms with E-state index in [4.69, 9.17) is 11.6 Å². The number of aromatic nitrogens is 2. The zero-order valence-corrected chi connectivity index (χ0v) is 9.56. The first-order chi connectivity index (χ1) is 7.70. The lowest BCUT2D eigenvalue weighted by molar-refractivity contribution is 0.0974. The van der Waals surface area contributed by atoms with Crippen LogP contribution < -0.4 is 0 Å². The second kappa shape index (κ2) is 4.49. The Bertz CT molecular complexity index is 493. The van der Waals surface area contributed by atoms with Crippen molar-refractivity contribution in [2.24, 2.45) is 7.05 Å². The van der Waals surface area contributed by atoms with Crippen molar-refractivity contribution in [1.82, 2.24) is 9.55 Å². The van der Waals surface area contributed by atoms with Gasteiger partial charge in [-0.25, -0.2) is 4.98 Å². The average molecular weight is 235 g/mol. The molecule has 0 spiro atoms. The van der Waals surface area contributed by atoms with E-state index in [0.29, 0.717) is 5.82 Å². The summed E-state index contributed by atoms with van der Waals surface area (Å²) in [4.78, 5) is 16.0. The maximum absolute atomic E-state index is 12.0. The zero-order chi connectivity index (χ0) is 11.5. The first kappa shape index (κ1) is 10.9. The van der Waals surface area contributed by atoms with E-state index < -0.39 is 5.38 Å². The van der Waals surface area contributed by atoms with Gasteiger partial charge in [0.25, 0.3) is 0 Å². The van der Waals surface area contributed by atoms with Gasteiger partial charge in [0.2, 0.25) is 5.78 Å². The van der Waals surface area contributed by atoms with Gasteiger partial charge >= 0.3 is 0 Å². The molecule has 0 saturated heterocycles. The van der Waals surface area contributed by atoms with Crippen molar-refractivity contribution >= 4 is 17.4 Å². The minimum atomic E-state index is -0.678. The lowest BCUT2D eigenvalue weighted by Crippen LogP contribution is -2.12. The Hall–Kier alpha value is -1.61. The SMILES string of the molecule is Cn1ccnc1C(=O)C(Cl)c1ccccc1. The summed E-state index contributed by atoms with van der Waals surface area (Å²) < 4.78 is 1.67. The standard InChI is InChI=1S/C12H11ClN2O/c1-15-8-7-14-12(15)11(16)10(13)9-5-3-2-4-6-9/h2-8,10H,1H3. The minimum absolute atomic E-state index is 0.180. The number of halogens is 1. The van der Waals surface area contributed by atoms with Crippen LogP contribution in [0, 0.1) is 0 Å². The molecule has 0 saturated carbocycles. The van der Waals surface area contributed by atoms with E-state index in [9.17, 15) is 4.79 Å². The van der Waals surface area contributed by atoms with Crippen LogP contribution in [0.15, 0.2) is 42.7 Å². The van der Waals surface area contributed by atoms with Crippen molar-refractivity contribution in [3.05, 3.63) is 54.1 Å². The van der Waals surface area contributed by atoms with Gasteiger partial charge in [0.15, 0.2) is 5.82 Å². The molecule has 0 bridgehead atoms. The largest absolute Gasteiger partial charge is 0.332 e. The second-order valence-corrected chi connectivity index (χ2v) is 3.94. The van der Waals surface area contributed by atoms with Gasteiger partial charge in [-0.1, -0.05) is 30.3 Å². The number of ketones is 1. The quantitative estimate of drug-likeness (QED) is 0.604. The molecular weight excluding hydrogens is 224 g/mol. The molecule has 3 nitrogen and oxygen atoms in total. The van der Waals surface area contributed by atoms with Crippen LogP contribution in [0.2, 0.25) is 0 Å². The Morgan fingerprint density at radius 2 is 2.06 bits per heavy atom. The molecule has 0 fully saturated rings. The summed E-state index contributed by atoms with van der Waals surface area (Å²) in [6, 6.07) is 9.27. The van der Waals surface area contributed by atoms with Crippen LogP contribution in [0.1, 0.15) is 21.6 Å². The van der Waals surface area contributed by atoms with Gasteiger partial charge < -0.3 is 4.57 Å². The number of imidazole rings is 1. The van der Waals surface area contributed by atoms with E-state index in [2.05, 4.69) is 4.98 Å². The van der Waals surface area contributed by atoms with Gasteiger partial charge in [0, 0.05) is 19.4 Å². The molecule has 2 aromatic rings. The zero-order valence-electron chi connectivity index (χ0n) is 8.80. The highest BCUT2D eigenvalue weighted by molar-refractivity contribution is 6.33. The molecule has 1 aromatic heterocycles. The van der Waals surface area contributed by atoms with Crippen molar-refractivity contribution < 1.29 is 4.79 Å². The van der Waals surface area contributed by atoms with Gasteiger partial charge in [0.1, 0.15) is 5.38 Å². The van der Waals surface area contributed by atoms with Gasteiger partial charge in [-0.15, -0.1) is 11.6 Å². The van der Waals surface area contributed by atoms with Crippen molar-refractivity contribution in [2.75, 3.05) is 0 Å². The summed E-state index contributed by atoms with van der Waals surface area (Å²) >= 11 is 6.12. The molecule has 0 radical (unpaired) electrons. The Kier molecular flexibility index (Phi) is 3.06. The maximum Gasteiger partial charge on any atom is 0.220 e. The molecule has 0 aliphatic rings. The van der Waals surface area contributed by atoms with Crippen LogP contribution >= 0.6 is 11.6 Å². The van der Waals surface area contributed by atoms with E-state index in [1.54, 1.807) is 24.0 Å². The fraction of sp³-hybridized carbons (Fsp3) is 0.167. The third-order valence-corrected chi connectivity index (χ3v) is 2.81. The van der Waals surface area contributed by atoms with Crippen LogP contribution in [-0.2, 0) is 7.05 Å². The molecule has 1 unspecified atom stereocenters. The van der Waals surface area contributed by atoms with Crippen LogP contribution in [0.5, 0.6) is 0 Å². The first-order valence-electron chi connectivity index (χ1n) is 4.90. The Balaban J connectivity index is 2.27. The number of carbonyl (C=O) groups is 1. The number of rotatable bonds is 3. The normalized spacial score (nSPS) is 12.4. The van der Waals surface area contributed by atoms with E-state index in [-0.39, 0.29) is 5.78 Å². The summed E-state index contributed by atoms with van der Waals surface area (Å²) in [5.41, 5.74) is 0.789. The topological polar surface area (TPSA) is 34.9 Å². The summed E-state index contributed by atoms with van der Waals surface area (Å²) in [5.74, 6) is 0.198. The number of hydrogen-bond donors (Lipinski definition) is 0. The number of alkyl halides is 1. The summed E-state index contributed by atoms with van der Waals surface area (Å²) in [5, 5.41) is -0.678. The second-order valence-electron chi connectivity index (χ2n) is 3.50. The van der Waals surface area contributed by atoms with E-state index in [0.717, 1.165) is 5.56 Å². The number of carbonyl (C=O) groups excluding carboxylic acids is 1. The van der Waals surface area contributed by atoms with Gasteiger partial charge in [-0.2, -0.15) is 0 Å². The predicted molar refractivity (Wildman–Crippen MR) is 62.6 cm³/mol.